The zero-order valence-corrected chi connectivity index (χ0v) is 14.0. The van der Waals surface area contributed by atoms with Crippen LogP contribution in [0.1, 0.15) is 10.4 Å². The molecule has 0 aliphatic carbocycles. The maximum absolute atomic E-state index is 12.2. The molecule has 0 unspecified atom stereocenters. The van der Waals surface area contributed by atoms with Crippen LogP contribution in [0.3, 0.4) is 0 Å². The molecule has 0 atom stereocenters. The van der Waals surface area contributed by atoms with Gasteiger partial charge in [0, 0.05) is 17.6 Å². The molecule has 4 nitrogen and oxygen atoms in total. The first-order valence-corrected chi connectivity index (χ1v) is 8.66. The summed E-state index contributed by atoms with van der Waals surface area (Å²) < 4.78 is 1.48. The maximum atomic E-state index is 12.2. The smallest absolute Gasteiger partial charge is 0.262 e. The predicted octanol–water partition coefficient (Wildman–Crippen LogP) is 3.62. The number of thioether (sulfide) groups is 1. The van der Waals surface area contributed by atoms with Crippen molar-refractivity contribution < 1.29 is 4.79 Å². The molecule has 2 heterocycles. The minimum absolute atomic E-state index is 0.0257. The van der Waals surface area contributed by atoms with Gasteiger partial charge in [0.2, 0.25) is 0 Å². The van der Waals surface area contributed by atoms with E-state index < -0.39 is 0 Å². The van der Waals surface area contributed by atoms with Gasteiger partial charge in [0.05, 0.1) is 11.1 Å². The van der Waals surface area contributed by atoms with E-state index in [9.17, 15) is 9.59 Å². The van der Waals surface area contributed by atoms with E-state index in [1.165, 1.54) is 27.7 Å². The Morgan fingerprint density at radius 1 is 1.32 bits per heavy atom. The molecule has 7 heteroatoms. The maximum Gasteiger partial charge on any atom is 0.262 e. The average molecular weight is 351 g/mol. The Balaban J connectivity index is 1.81. The average Bonchev–Trinajstić information content (AvgIpc) is 2.98. The molecule has 2 aromatic heterocycles. The number of benzene rings is 1. The van der Waals surface area contributed by atoms with Crippen molar-refractivity contribution in [3.05, 3.63) is 56.7 Å². The summed E-state index contributed by atoms with van der Waals surface area (Å²) in [7, 11) is 1.67. The lowest BCUT2D eigenvalue weighted by Gasteiger charge is -2.06. The summed E-state index contributed by atoms with van der Waals surface area (Å²) in [6.07, 6.45) is 0. The van der Waals surface area contributed by atoms with Gasteiger partial charge < -0.3 is 0 Å². The molecular formula is C15H11ClN2O2S2. The first-order chi connectivity index (χ1) is 10.6. The normalized spacial score (nSPS) is 11.0. The predicted molar refractivity (Wildman–Crippen MR) is 91.4 cm³/mol. The molecule has 0 saturated carbocycles. The Bertz CT molecular complexity index is 900. The van der Waals surface area contributed by atoms with Gasteiger partial charge in [0.1, 0.15) is 4.83 Å². The lowest BCUT2D eigenvalue weighted by Crippen LogP contribution is -2.19. The van der Waals surface area contributed by atoms with E-state index in [-0.39, 0.29) is 17.1 Å². The van der Waals surface area contributed by atoms with Crippen LogP contribution in [-0.2, 0) is 7.05 Å². The van der Waals surface area contributed by atoms with Crippen LogP contribution in [-0.4, -0.2) is 21.1 Å². The van der Waals surface area contributed by atoms with E-state index in [1.54, 1.807) is 37.4 Å². The minimum atomic E-state index is -0.0901. The first-order valence-electron chi connectivity index (χ1n) is 6.42. The topological polar surface area (TPSA) is 52.0 Å². The summed E-state index contributed by atoms with van der Waals surface area (Å²) in [6.45, 7) is 0. The van der Waals surface area contributed by atoms with Crippen LogP contribution in [0, 0.1) is 0 Å². The van der Waals surface area contributed by atoms with Crippen LogP contribution >= 0.6 is 34.7 Å². The van der Waals surface area contributed by atoms with E-state index in [0.29, 0.717) is 26.0 Å². The van der Waals surface area contributed by atoms with Gasteiger partial charge in [-0.2, -0.15) is 0 Å². The van der Waals surface area contributed by atoms with Gasteiger partial charge in [0.15, 0.2) is 10.9 Å². The molecule has 0 N–H and O–H groups in total. The van der Waals surface area contributed by atoms with E-state index in [1.807, 2.05) is 5.38 Å². The number of fused-ring (bicyclic) bond motifs is 1. The van der Waals surface area contributed by atoms with Crippen molar-refractivity contribution >= 4 is 50.7 Å². The number of Topliss-reactive ketones (excluding diaryl/α,β-unsaturated/α-hetero) is 1. The van der Waals surface area contributed by atoms with Crippen LogP contribution in [0.4, 0.5) is 0 Å². The fraction of sp³-hybridized carbons (Fsp3) is 0.133. The summed E-state index contributed by atoms with van der Waals surface area (Å²) in [5.74, 6) is 0.195. The molecule has 0 aliphatic heterocycles. The van der Waals surface area contributed by atoms with Crippen molar-refractivity contribution in [1.82, 2.24) is 9.55 Å². The second-order valence-electron chi connectivity index (χ2n) is 4.62. The van der Waals surface area contributed by atoms with Crippen molar-refractivity contribution in [1.29, 1.82) is 0 Å². The fourth-order valence-electron chi connectivity index (χ4n) is 1.96. The van der Waals surface area contributed by atoms with Gasteiger partial charge in [-0.3, -0.25) is 14.2 Å². The van der Waals surface area contributed by atoms with Crippen molar-refractivity contribution in [2.45, 2.75) is 5.16 Å². The number of hydrogen-bond acceptors (Lipinski definition) is 5. The van der Waals surface area contributed by atoms with Gasteiger partial charge in [-0.15, -0.1) is 11.3 Å². The number of aromatic nitrogens is 2. The Hall–Kier alpha value is -1.63. The third-order valence-corrected chi connectivity index (χ3v) is 5.25. The van der Waals surface area contributed by atoms with Gasteiger partial charge in [-0.25, -0.2) is 4.98 Å². The van der Waals surface area contributed by atoms with Crippen molar-refractivity contribution in [2.75, 3.05) is 5.75 Å². The summed E-state index contributed by atoms with van der Waals surface area (Å²) in [5.41, 5.74) is 0.506. The van der Waals surface area contributed by atoms with Crippen molar-refractivity contribution in [3.8, 4) is 0 Å². The summed E-state index contributed by atoms with van der Waals surface area (Å²) >= 11 is 8.49. The third kappa shape index (κ3) is 2.95. The lowest BCUT2D eigenvalue weighted by atomic mass is 10.1. The largest absolute Gasteiger partial charge is 0.293 e. The molecule has 22 heavy (non-hydrogen) atoms. The Labute approximate surface area is 139 Å². The van der Waals surface area contributed by atoms with Crippen LogP contribution in [0.25, 0.3) is 10.2 Å². The summed E-state index contributed by atoms with van der Waals surface area (Å²) in [4.78, 5) is 29.5. The number of carbonyl (C=O) groups is 1. The molecule has 0 fully saturated rings. The highest BCUT2D eigenvalue weighted by atomic mass is 35.5. The van der Waals surface area contributed by atoms with Crippen LogP contribution in [0.5, 0.6) is 0 Å². The molecule has 0 amide bonds. The molecule has 3 aromatic rings. The number of nitrogens with zero attached hydrogens (tertiary/aromatic N) is 2. The molecule has 0 saturated heterocycles. The second-order valence-corrected chi connectivity index (χ2v) is 6.89. The highest BCUT2D eigenvalue weighted by Crippen LogP contribution is 2.21. The van der Waals surface area contributed by atoms with Crippen LogP contribution < -0.4 is 5.56 Å². The number of hydrogen-bond donors (Lipinski definition) is 0. The highest BCUT2D eigenvalue weighted by molar-refractivity contribution is 7.99. The molecule has 3 rings (SSSR count). The lowest BCUT2D eigenvalue weighted by molar-refractivity contribution is 0.102. The Kier molecular flexibility index (Phi) is 4.33. The number of carbonyl (C=O) groups excluding carboxylic acids is 1. The van der Waals surface area contributed by atoms with Crippen LogP contribution in [0.2, 0.25) is 5.02 Å². The summed E-state index contributed by atoms with van der Waals surface area (Å²) in [5, 5.41) is 3.59. The molecule has 0 aliphatic rings. The number of rotatable bonds is 4. The minimum Gasteiger partial charge on any atom is -0.293 e. The number of thiophene rings is 1. The SMILES string of the molecule is Cn1c(SCC(=O)c2ccc(Cl)cc2)nc2sccc2c1=O. The molecule has 112 valence electrons. The van der Waals surface area contributed by atoms with Gasteiger partial charge >= 0.3 is 0 Å². The van der Waals surface area contributed by atoms with Crippen LogP contribution in [0.15, 0.2) is 45.7 Å². The van der Waals surface area contributed by atoms with E-state index in [2.05, 4.69) is 4.98 Å². The molecular weight excluding hydrogens is 340 g/mol. The molecule has 1 aromatic carbocycles. The van der Waals surface area contributed by atoms with Crippen molar-refractivity contribution in [2.24, 2.45) is 7.05 Å². The summed E-state index contributed by atoms with van der Waals surface area (Å²) in [6, 6.07) is 8.53. The zero-order valence-electron chi connectivity index (χ0n) is 11.6. The highest BCUT2D eigenvalue weighted by Gasteiger charge is 2.12. The second kappa shape index (κ2) is 6.24. The quantitative estimate of drug-likeness (QED) is 0.409. The standard InChI is InChI=1S/C15H11ClN2O2S2/c1-18-14(20)11-6-7-21-13(11)17-15(18)22-8-12(19)9-2-4-10(16)5-3-9/h2-7H,8H2,1H3. The Morgan fingerprint density at radius 2 is 2.05 bits per heavy atom. The van der Waals surface area contributed by atoms with Gasteiger partial charge in [-0.1, -0.05) is 23.4 Å². The van der Waals surface area contributed by atoms with Gasteiger partial charge in [0.25, 0.3) is 5.56 Å². The molecule has 0 bridgehead atoms. The van der Waals surface area contributed by atoms with Gasteiger partial charge in [-0.05, 0) is 35.7 Å². The number of halogens is 1. The molecule has 0 spiro atoms. The molecule has 0 radical (unpaired) electrons. The monoisotopic (exact) mass is 350 g/mol. The van der Waals surface area contributed by atoms with Crippen molar-refractivity contribution in [3.63, 3.8) is 0 Å². The Morgan fingerprint density at radius 3 is 2.77 bits per heavy atom. The third-order valence-electron chi connectivity index (χ3n) is 3.16. The zero-order chi connectivity index (χ0) is 15.7. The first kappa shape index (κ1) is 15.3. The fourth-order valence-corrected chi connectivity index (χ4v) is 3.76. The van der Waals surface area contributed by atoms with E-state index in [4.69, 9.17) is 11.6 Å². The van der Waals surface area contributed by atoms with E-state index >= 15 is 0 Å². The number of ketones is 1. The van der Waals surface area contributed by atoms with E-state index in [0.717, 1.165) is 0 Å².